The maximum atomic E-state index is 15.0. The summed E-state index contributed by atoms with van der Waals surface area (Å²) in [4.78, 5) is 16.2. The number of carbonyl (C=O) groups excluding carboxylic acids is 1. The van der Waals surface area contributed by atoms with E-state index in [9.17, 15) is 9.18 Å². The van der Waals surface area contributed by atoms with Crippen molar-refractivity contribution >= 4 is 27.5 Å². The Hall–Kier alpha value is -3.65. The van der Waals surface area contributed by atoms with E-state index >= 15 is 0 Å². The molecule has 0 saturated carbocycles. The van der Waals surface area contributed by atoms with Gasteiger partial charge in [-0.15, -0.1) is 11.3 Å². The Bertz CT molecular complexity index is 1480. The van der Waals surface area contributed by atoms with Gasteiger partial charge in [0.1, 0.15) is 34.9 Å². The van der Waals surface area contributed by atoms with Crippen LogP contribution in [0.3, 0.4) is 0 Å². The van der Waals surface area contributed by atoms with Crippen molar-refractivity contribution in [1.29, 1.82) is 0 Å². The molecule has 0 N–H and O–H groups in total. The van der Waals surface area contributed by atoms with Gasteiger partial charge in [-0.2, -0.15) is 0 Å². The second-order valence-corrected chi connectivity index (χ2v) is 10.3. The van der Waals surface area contributed by atoms with E-state index in [0.29, 0.717) is 48.0 Å². The molecule has 0 saturated heterocycles. The molecule has 0 amide bonds. The summed E-state index contributed by atoms with van der Waals surface area (Å²) in [7, 11) is 1.38. The Labute approximate surface area is 211 Å². The highest BCUT2D eigenvalue weighted by atomic mass is 32.1. The second-order valence-electron chi connectivity index (χ2n) is 9.04. The van der Waals surface area contributed by atoms with Crippen LogP contribution in [0.4, 0.5) is 4.39 Å². The lowest BCUT2D eigenvalue weighted by Crippen LogP contribution is -2.09. The lowest BCUT2D eigenvalue weighted by molar-refractivity contribution is -0.141. The first-order valence-electron chi connectivity index (χ1n) is 11.8. The fourth-order valence-electron chi connectivity index (χ4n) is 5.01. The first kappa shape index (κ1) is 22.8. The van der Waals surface area contributed by atoms with Gasteiger partial charge in [0.2, 0.25) is 0 Å². The summed E-state index contributed by atoms with van der Waals surface area (Å²) in [5.74, 6) is 2.01. The van der Waals surface area contributed by atoms with E-state index in [4.69, 9.17) is 18.9 Å². The van der Waals surface area contributed by atoms with Crippen molar-refractivity contribution in [2.24, 2.45) is 0 Å². The zero-order valence-electron chi connectivity index (χ0n) is 19.9. The van der Waals surface area contributed by atoms with Crippen molar-refractivity contribution in [2.45, 2.75) is 38.2 Å². The van der Waals surface area contributed by atoms with E-state index in [-0.39, 0.29) is 24.1 Å². The van der Waals surface area contributed by atoms with Gasteiger partial charge in [-0.1, -0.05) is 6.07 Å². The molecule has 3 aromatic carbocycles. The van der Waals surface area contributed by atoms with Crippen LogP contribution in [0.5, 0.6) is 23.0 Å². The highest BCUT2D eigenvalue weighted by Gasteiger charge is 2.32. The van der Waals surface area contributed by atoms with Crippen LogP contribution in [0.2, 0.25) is 0 Å². The molecule has 1 unspecified atom stereocenters. The molecule has 0 fully saturated rings. The molecule has 8 heteroatoms. The molecule has 1 aliphatic heterocycles. The van der Waals surface area contributed by atoms with Crippen LogP contribution in [-0.2, 0) is 16.0 Å². The number of halogens is 1. The number of aryl methyl sites for hydroxylation is 1. The molecule has 0 bridgehead atoms. The lowest BCUT2D eigenvalue weighted by Gasteiger charge is -2.17. The number of thiazole rings is 1. The molecule has 4 aromatic rings. The predicted octanol–water partition coefficient (Wildman–Crippen LogP) is 6.64. The van der Waals surface area contributed by atoms with Crippen LogP contribution in [0, 0.1) is 12.7 Å². The first-order chi connectivity index (χ1) is 17.5. The minimum Gasteiger partial charge on any atom is -0.492 e. The number of ether oxygens (including phenoxy) is 4. The Balaban J connectivity index is 1.22. The van der Waals surface area contributed by atoms with Gasteiger partial charge in [0, 0.05) is 34.7 Å². The average molecular weight is 506 g/mol. The van der Waals surface area contributed by atoms with Crippen LogP contribution in [0.15, 0.2) is 48.5 Å². The largest absolute Gasteiger partial charge is 0.492 e. The molecule has 0 radical (unpaired) electrons. The van der Waals surface area contributed by atoms with E-state index < -0.39 is 6.10 Å². The molecule has 6 nitrogen and oxygen atoms in total. The van der Waals surface area contributed by atoms with Crippen molar-refractivity contribution in [2.75, 3.05) is 13.7 Å². The number of benzene rings is 3. The Morgan fingerprint density at radius 2 is 2.03 bits per heavy atom. The van der Waals surface area contributed by atoms with Gasteiger partial charge in [0.15, 0.2) is 0 Å². The average Bonchev–Trinajstić information content (AvgIpc) is 3.57. The van der Waals surface area contributed by atoms with Crippen LogP contribution in [-0.4, -0.2) is 24.7 Å². The molecule has 1 aromatic heterocycles. The molecule has 1 aliphatic carbocycles. The number of methoxy groups -OCH3 is 1. The predicted molar refractivity (Wildman–Crippen MR) is 134 cm³/mol. The molecule has 2 aliphatic rings. The highest BCUT2D eigenvalue weighted by molar-refractivity contribution is 7.18. The third kappa shape index (κ3) is 4.15. The molecule has 184 valence electrons. The Kier molecular flexibility index (Phi) is 5.76. The van der Waals surface area contributed by atoms with Gasteiger partial charge in [0.05, 0.1) is 35.4 Å². The third-order valence-corrected chi connectivity index (χ3v) is 7.65. The SMILES string of the molecule is COC(=O)CC1COc2cc(O[C@@H]3CCc4c(Oc5ccc6nc(C)sc6c5)ccc(F)c43)ccc21. The number of nitrogens with zero attached hydrogens (tertiary/aromatic N) is 1. The van der Waals surface area contributed by atoms with Gasteiger partial charge in [-0.05, 0) is 50.1 Å². The van der Waals surface area contributed by atoms with Crippen LogP contribution >= 0.6 is 11.3 Å². The Morgan fingerprint density at radius 1 is 1.17 bits per heavy atom. The maximum absolute atomic E-state index is 15.0. The normalized spacial score (nSPS) is 18.0. The molecule has 36 heavy (non-hydrogen) atoms. The summed E-state index contributed by atoms with van der Waals surface area (Å²) in [6.45, 7) is 2.40. The summed E-state index contributed by atoms with van der Waals surface area (Å²) < 4.78 is 39.1. The van der Waals surface area contributed by atoms with E-state index in [2.05, 4.69) is 4.98 Å². The van der Waals surface area contributed by atoms with Crippen molar-refractivity contribution in [3.05, 3.63) is 76.0 Å². The fraction of sp³-hybridized carbons (Fsp3) is 0.286. The first-order valence-corrected chi connectivity index (χ1v) is 12.7. The highest BCUT2D eigenvalue weighted by Crippen LogP contribution is 2.44. The lowest BCUT2D eigenvalue weighted by atomic mass is 9.98. The second kappa shape index (κ2) is 9.09. The van der Waals surface area contributed by atoms with Crippen molar-refractivity contribution in [3.8, 4) is 23.0 Å². The van der Waals surface area contributed by atoms with Gasteiger partial charge in [-0.3, -0.25) is 4.79 Å². The van der Waals surface area contributed by atoms with Crippen molar-refractivity contribution < 1.29 is 28.1 Å². The van der Waals surface area contributed by atoms with Crippen molar-refractivity contribution in [3.63, 3.8) is 0 Å². The molecular weight excluding hydrogens is 481 g/mol. The number of hydrogen-bond donors (Lipinski definition) is 0. The van der Waals surface area contributed by atoms with Gasteiger partial charge < -0.3 is 18.9 Å². The summed E-state index contributed by atoms with van der Waals surface area (Å²) in [6.07, 6.45) is 1.13. The van der Waals surface area contributed by atoms with Gasteiger partial charge >= 0.3 is 5.97 Å². The number of aromatic nitrogens is 1. The molecular formula is C28H24FNO5S. The van der Waals surface area contributed by atoms with Crippen LogP contribution in [0.1, 0.15) is 46.6 Å². The molecule has 6 rings (SSSR count). The van der Waals surface area contributed by atoms with Gasteiger partial charge in [-0.25, -0.2) is 9.37 Å². The fourth-order valence-corrected chi connectivity index (χ4v) is 5.87. The minimum atomic E-state index is -0.430. The number of carbonyl (C=O) groups is 1. The van der Waals surface area contributed by atoms with E-state index in [1.54, 1.807) is 17.4 Å². The third-order valence-electron chi connectivity index (χ3n) is 6.72. The number of rotatable bonds is 6. The minimum absolute atomic E-state index is 0.0426. The summed E-state index contributed by atoms with van der Waals surface area (Å²) >= 11 is 1.61. The van der Waals surface area contributed by atoms with E-state index in [1.807, 2.05) is 43.3 Å². The number of hydrogen-bond acceptors (Lipinski definition) is 7. The zero-order chi connectivity index (χ0) is 24.8. The summed E-state index contributed by atoms with van der Waals surface area (Å²) in [6, 6.07) is 14.5. The quantitative estimate of drug-likeness (QED) is 0.274. The Morgan fingerprint density at radius 3 is 2.89 bits per heavy atom. The van der Waals surface area contributed by atoms with Crippen LogP contribution < -0.4 is 14.2 Å². The smallest absolute Gasteiger partial charge is 0.306 e. The monoisotopic (exact) mass is 505 g/mol. The standard InChI is InChI=1S/C28H24FNO5S/c1-15-30-22-8-4-18(13-26(22)36-15)34-23-10-7-21(29)28-20(23)6-9-24(28)35-17-3-5-19-16(11-27(31)32-2)14-33-25(19)12-17/h3-5,7-8,10,12-13,16,24H,6,9,11,14H2,1-2H3/t16?,24-/m1/s1. The topological polar surface area (TPSA) is 66.9 Å². The summed E-state index contributed by atoms with van der Waals surface area (Å²) in [5.41, 5.74) is 3.26. The summed E-state index contributed by atoms with van der Waals surface area (Å²) in [5, 5.41) is 1.00. The van der Waals surface area contributed by atoms with Gasteiger partial charge in [0.25, 0.3) is 0 Å². The maximum Gasteiger partial charge on any atom is 0.306 e. The molecule has 2 heterocycles. The van der Waals surface area contributed by atoms with E-state index in [0.717, 1.165) is 26.4 Å². The van der Waals surface area contributed by atoms with E-state index in [1.165, 1.54) is 13.2 Å². The van der Waals surface area contributed by atoms with Crippen LogP contribution in [0.25, 0.3) is 10.2 Å². The van der Waals surface area contributed by atoms with Crippen molar-refractivity contribution in [1.82, 2.24) is 4.98 Å². The number of esters is 1. The molecule has 2 atom stereocenters. The molecule has 0 spiro atoms. The zero-order valence-corrected chi connectivity index (χ0v) is 20.7. The number of fused-ring (bicyclic) bond motifs is 3.